The first-order chi connectivity index (χ1) is 10.1. The third kappa shape index (κ3) is 2.33. The van der Waals surface area contributed by atoms with Gasteiger partial charge in [0, 0.05) is 25.7 Å². The summed E-state index contributed by atoms with van der Waals surface area (Å²) in [5, 5.41) is 0. The Kier molecular flexibility index (Phi) is 3.29. The van der Waals surface area contributed by atoms with Gasteiger partial charge in [0.1, 0.15) is 11.4 Å². The van der Waals surface area contributed by atoms with Crippen molar-refractivity contribution in [2.45, 2.75) is 18.9 Å². The fourth-order valence-electron chi connectivity index (χ4n) is 2.74. The lowest BCUT2D eigenvalue weighted by molar-refractivity contribution is 0.257. The molecule has 0 saturated carbocycles. The number of rotatable bonds is 2. The van der Waals surface area contributed by atoms with Crippen LogP contribution >= 0.6 is 0 Å². The highest BCUT2D eigenvalue weighted by atomic mass is 16.5. The predicted molar refractivity (Wildman–Crippen MR) is 79.7 cm³/mol. The maximum Gasteiger partial charge on any atom is 0.330 e. The van der Waals surface area contributed by atoms with Crippen LogP contribution in [0.4, 0.5) is 5.69 Å². The number of fused-ring (bicyclic) bond motifs is 1. The summed E-state index contributed by atoms with van der Waals surface area (Å²) >= 11 is 0. The predicted octanol–water partition coefficient (Wildman–Crippen LogP) is 0.695. The molecule has 1 unspecified atom stereocenters. The zero-order valence-corrected chi connectivity index (χ0v) is 11.8. The number of ether oxygens (including phenoxy) is 1. The SMILES string of the molecule is Cn1cc(N)c(=O)n(CC2CCOc3ccccc32)c1=O. The number of benzene rings is 1. The summed E-state index contributed by atoms with van der Waals surface area (Å²) in [6.07, 6.45) is 2.13. The molecule has 21 heavy (non-hydrogen) atoms. The molecule has 110 valence electrons. The maximum absolute atomic E-state index is 12.2. The van der Waals surface area contributed by atoms with E-state index in [0.29, 0.717) is 13.2 Å². The molecule has 2 heterocycles. The molecule has 6 nitrogen and oxygen atoms in total. The van der Waals surface area contributed by atoms with Gasteiger partial charge in [-0.25, -0.2) is 4.79 Å². The molecule has 1 aromatic heterocycles. The van der Waals surface area contributed by atoms with E-state index in [1.807, 2.05) is 24.3 Å². The number of aromatic nitrogens is 2. The molecule has 3 rings (SSSR count). The summed E-state index contributed by atoms with van der Waals surface area (Å²) < 4.78 is 8.15. The van der Waals surface area contributed by atoms with Crippen LogP contribution in [0.1, 0.15) is 17.9 Å². The second kappa shape index (κ2) is 5.12. The van der Waals surface area contributed by atoms with Gasteiger partial charge in [-0.05, 0) is 18.1 Å². The average molecular weight is 287 g/mol. The Morgan fingerprint density at radius 2 is 2.10 bits per heavy atom. The lowest BCUT2D eigenvalue weighted by Crippen LogP contribution is -2.41. The van der Waals surface area contributed by atoms with E-state index in [-0.39, 0.29) is 17.3 Å². The monoisotopic (exact) mass is 287 g/mol. The van der Waals surface area contributed by atoms with Crippen LogP contribution < -0.4 is 21.7 Å². The van der Waals surface area contributed by atoms with Gasteiger partial charge in [-0.2, -0.15) is 0 Å². The van der Waals surface area contributed by atoms with Gasteiger partial charge in [0.2, 0.25) is 0 Å². The lowest BCUT2D eigenvalue weighted by Gasteiger charge is -2.26. The molecular weight excluding hydrogens is 270 g/mol. The first-order valence-electron chi connectivity index (χ1n) is 6.85. The first-order valence-corrected chi connectivity index (χ1v) is 6.85. The summed E-state index contributed by atoms with van der Waals surface area (Å²) in [7, 11) is 1.59. The van der Waals surface area contributed by atoms with E-state index < -0.39 is 5.56 Å². The molecule has 6 heteroatoms. The van der Waals surface area contributed by atoms with Crippen LogP contribution in [-0.4, -0.2) is 15.7 Å². The summed E-state index contributed by atoms with van der Waals surface area (Å²) in [6.45, 7) is 0.899. The van der Waals surface area contributed by atoms with Crippen molar-refractivity contribution in [3.8, 4) is 5.75 Å². The molecule has 1 atom stereocenters. The largest absolute Gasteiger partial charge is 0.493 e. The molecule has 2 N–H and O–H groups in total. The van der Waals surface area contributed by atoms with E-state index >= 15 is 0 Å². The van der Waals surface area contributed by atoms with Gasteiger partial charge in [0.25, 0.3) is 5.56 Å². The van der Waals surface area contributed by atoms with E-state index in [0.717, 1.165) is 17.7 Å². The third-order valence-corrected chi connectivity index (χ3v) is 3.84. The minimum absolute atomic E-state index is 0.0714. The van der Waals surface area contributed by atoms with E-state index in [2.05, 4.69) is 0 Å². The maximum atomic E-state index is 12.2. The van der Waals surface area contributed by atoms with Crippen LogP contribution in [0.25, 0.3) is 0 Å². The van der Waals surface area contributed by atoms with Crippen LogP contribution in [-0.2, 0) is 13.6 Å². The van der Waals surface area contributed by atoms with Crippen molar-refractivity contribution in [1.82, 2.24) is 9.13 Å². The van der Waals surface area contributed by atoms with Crippen molar-refractivity contribution in [1.29, 1.82) is 0 Å². The molecular formula is C15H17N3O3. The van der Waals surface area contributed by atoms with Crippen molar-refractivity contribution in [2.75, 3.05) is 12.3 Å². The number of para-hydroxylation sites is 1. The first kappa shape index (κ1) is 13.5. The van der Waals surface area contributed by atoms with Crippen molar-refractivity contribution >= 4 is 5.69 Å². The Morgan fingerprint density at radius 3 is 2.90 bits per heavy atom. The van der Waals surface area contributed by atoms with Gasteiger partial charge in [-0.15, -0.1) is 0 Å². The summed E-state index contributed by atoms with van der Waals surface area (Å²) in [6, 6.07) is 7.72. The zero-order valence-electron chi connectivity index (χ0n) is 11.8. The molecule has 2 aromatic rings. The van der Waals surface area contributed by atoms with Crippen LogP contribution in [0.2, 0.25) is 0 Å². The second-order valence-corrected chi connectivity index (χ2v) is 5.27. The molecule has 0 spiro atoms. The average Bonchev–Trinajstić information content (AvgIpc) is 2.50. The fourth-order valence-corrected chi connectivity index (χ4v) is 2.74. The Hall–Kier alpha value is -2.50. The second-order valence-electron chi connectivity index (χ2n) is 5.27. The number of nitrogens with two attached hydrogens (primary N) is 1. The normalized spacial score (nSPS) is 17.1. The number of anilines is 1. The van der Waals surface area contributed by atoms with Gasteiger partial charge < -0.3 is 15.0 Å². The third-order valence-electron chi connectivity index (χ3n) is 3.84. The molecule has 0 amide bonds. The van der Waals surface area contributed by atoms with Gasteiger partial charge in [0.15, 0.2) is 0 Å². The molecule has 1 aromatic carbocycles. The highest BCUT2D eigenvalue weighted by Gasteiger charge is 2.23. The minimum Gasteiger partial charge on any atom is -0.493 e. The van der Waals surface area contributed by atoms with Crippen molar-refractivity contribution in [3.05, 3.63) is 56.9 Å². The van der Waals surface area contributed by atoms with Crippen LogP contribution in [0, 0.1) is 0 Å². The number of nitrogen functional groups attached to an aromatic ring is 1. The Balaban J connectivity index is 2.03. The van der Waals surface area contributed by atoms with Crippen molar-refractivity contribution < 1.29 is 4.74 Å². The summed E-state index contributed by atoms with van der Waals surface area (Å²) in [4.78, 5) is 24.3. The van der Waals surface area contributed by atoms with Crippen LogP contribution in [0.15, 0.2) is 40.1 Å². The van der Waals surface area contributed by atoms with E-state index in [1.54, 1.807) is 7.05 Å². The Morgan fingerprint density at radius 1 is 1.33 bits per heavy atom. The van der Waals surface area contributed by atoms with Gasteiger partial charge in [-0.3, -0.25) is 9.36 Å². The highest BCUT2D eigenvalue weighted by Crippen LogP contribution is 2.33. The molecule has 1 aliphatic rings. The van der Waals surface area contributed by atoms with Gasteiger partial charge in [-0.1, -0.05) is 18.2 Å². The number of hydrogen-bond donors (Lipinski definition) is 1. The van der Waals surface area contributed by atoms with Crippen molar-refractivity contribution in [2.24, 2.45) is 7.05 Å². The fraction of sp³-hybridized carbons (Fsp3) is 0.333. The Bertz CT molecular complexity index is 757. The van der Waals surface area contributed by atoms with Crippen LogP contribution in [0.3, 0.4) is 0 Å². The van der Waals surface area contributed by atoms with E-state index in [9.17, 15) is 9.59 Å². The van der Waals surface area contributed by atoms with Crippen LogP contribution in [0.5, 0.6) is 5.75 Å². The zero-order chi connectivity index (χ0) is 15.0. The molecule has 0 bridgehead atoms. The minimum atomic E-state index is -0.429. The molecule has 0 saturated heterocycles. The highest BCUT2D eigenvalue weighted by molar-refractivity contribution is 5.38. The molecule has 1 aliphatic heterocycles. The van der Waals surface area contributed by atoms with E-state index in [4.69, 9.17) is 10.5 Å². The summed E-state index contributed by atoms with van der Waals surface area (Å²) in [5.74, 6) is 0.893. The van der Waals surface area contributed by atoms with Gasteiger partial charge in [0.05, 0.1) is 6.61 Å². The summed E-state index contributed by atoms with van der Waals surface area (Å²) in [5.41, 5.74) is 6.00. The molecule has 0 radical (unpaired) electrons. The standard InChI is InChI=1S/C15H17N3O3/c1-17-9-12(16)14(19)18(15(17)20)8-10-6-7-21-13-5-3-2-4-11(10)13/h2-5,9-10H,6-8,16H2,1H3. The van der Waals surface area contributed by atoms with E-state index in [1.165, 1.54) is 15.3 Å². The van der Waals surface area contributed by atoms with Crippen molar-refractivity contribution in [3.63, 3.8) is 0 Å². The lowest BCUT2D eigenvalue weighted by atomic mass is 9.93. The molecule has 0 fully saturated rings. The smallest absolute Gasteiger partial charge is 0.330 e. The molecule has 0 aliphatic carbocycles. The number of nitrogens with zero attached hydrogens (tertiary/aromatic N) is 2. The number of hydrogen-bond acceptors (Lipinski definition) is 4. The number of aryl methyl sites for hydroxylation is 1. The Labute approximate surface area is 121 Å². The topological polar surface area (TPSA) is 79.2 Å². The quantitative estimate of drug-likeness (QED) is 0.881. The van der Waals surface area contributed by atoms with Gasteiger partial charge >= 0.3 is 5.69 Å².